The van der Waals surface area contributed by atoms with Crippen molar-refractivity contribution in [2.45, 2.75) is 58.9 Å². The van der Waals surface area contributed by atoms with Crippen molar-refractivity contribution in [1.29, 1.82) is 0 Å². The Labute approximate surface area is 123 Å². The van der Waals surface area contributed by atoms with E-state index < -0.39 is 6.09 Å². The topological polar surface area (TPSA) is 54.6 Å². The van der Waals surface area contributed by atoms with Crippen LogP contribution in [0.2, 0.25) is 0 Å². The van der Waals surface area contributed by atoms with Gasteiger partial charge in [-0.05, 0) is 58.0 Å². The summed E-state index contributed by atoms with van der Waals surface area (Å²) in [6.07, 6.45) is 1.53. The molecule has 1 N–H and O–H groups in total. The van der Waals surface area contributed by atoms with Crippen LogP contribution in [-0.2, 0) is 18.4 Å². The molecule has 1 heterocycles. The van der Waals surface area contributed by atoms with E-state index >= 15 is 0 Å². The van der Waals surface area contributed by atoms with Gasteiger partial charge in [0.2, 0.25) is 0 Å². The van der Waals surface area contributed by atoms with Crippen LogP contribution in [0.15, 0.2) is 4.99 Å². The summed E-state index contributed by atoms with van der Waals surface area (Å²) in [5.74, 6) is 0. The minimum Gasteiger partial charge on any atom is -0.463 e. The molecule has 1 aromatic rings. The Morgan fingerprint density at radius 1 is 1.40 bits per heavy atom. The first-order valence-electron chi connectivity index (χ1n) is 6.89. The number of halogens is 1. The molecular formula is C14H23FN2O2S. The van der Waals surface area contributed by atoms with E-state index in [2.05, 4.69) is 29.7 Å². The van der Waals surface area contributed by atoms with E-state index in [-0.39, 0.29) is 12.2 Å². The van der Waals surface area contributed by atoms with Gasteiger partial charge in [0.25, 0.3) is 0 Å². The molecule has 20 heavy (non-hydrogen) atoms. The Kier molecular flexibility index (Phi) is 5.92. The van der Waals surface area contributed by atoms with Gasteiger partial charge in [-0.15, -0.1) is 0 Å². The van der Waals surface area contributed by atoms with E-state index in [1.165, 1.54) is 11.5 Å². The van der Waals surface area contributed by atoms with Crippen LogP contribution < -0.4 is 4.67 Å². The van der Waals surface area contributed by atoms with Crippen molar-refractivity contribution < 1.29 is 14.3 Å². The van der Waals surface area contributed by atoms with Gasteiger partial charge in [0.05, 0.1) is 6.67 Å². The predicted octanol–water partition coefficient (Wildman–Crippen LogP) is 3.74. The molecule has 1 rings (SSSR count). The Balaban J connectivity index is 3.35. The molecule has 0 aliphatic carbocycles. The van der Waals surface area contributed by atoms with Gasteiger partial charge >= 0.3 is 6.09 Å². The van der Waals surface area contributed by atoms with Crippen molar-refractivity contribution in [3.8, 4) is 0 Å². The zero-order chi connectivity index (χ0) is 15.3. The summed E-state index contributed by atoms with van der Waals surface area (Å²) in [4.78, 5) is 14.6. The standard InChI is InChI=1S/C14H23FN2O2S/c1-5-11-10(8-6-7-9-15)12(16-13(18)19)20-17(11)14(2,3)4/h5-9H2,1-4H3,(H,18,19). The van der Waals surface area contributed by atoms with Crippen LogP contribution in [-0.4, -0.2) is 21.8 Å². The minimum absolute atomic E-state index is 0.114. The molecule has 0 radical (unpaired) electrons. The van der Waals surface area contributed by atoms with Gasteiger partial charge in [-0.3, -0.25) is 8.35 Å². The second-order valence-corrected chi connectivity index (χ2v) is 6.62. The molecule has 0 unspecified atom stereocenters. The third-order valence-electron chi connectivity index (χ3n) is 2.98. The lowest BCUT2D eigenvalue weighted by Gasteiger charge is -2.23. The number of amides is 1. The molecule has 1 amide bonds. The van der Waals surface area contributed by atoms with E-state index in [0.29, 0.717) is 23.9 Å². The van der Waals surface area contributed by atoms with Crippen LogP contribution in [0, 0.1) is 0 Å². The first-order chi connectivity index (χ1) is 9.31. The molecule has 0 saturated heterocycles. The number of hydrogen-bond donors (Lipinski definition) is 1. The fourth-order valence-corrected chi connectivity index (χ4v) is 3.41. The number of unbranched alkanes of at least 4 members (excludes halogenated alkanes) is 1. The lowest BCUT2D eigenvalue weighted by molar-refractivity contribution is 0.205. The molecule has 4 nitrogen and oxygen atoms in total. The van der Waals surface area contributed by atoms with Crippen LogP contribution in [0.3, 0.4) is 0 Å². The van der Waals surface area contributed by atoms with Crippen LogP contribution in [0.4, 0.5) is 9.18 Å². The van der Waals surface area contributed by atoms with Crippen LogP contribution in [0.1, 0.15) is 51.8 Å². The molecule has 0 aliphatic heterocycles. The monoisotopic (exact) mass is 302 g/mol. The molecule has 0 aliphatic rings. The van der Waals surface area contributed by atoms with Gasteiger partial charge in [0, 0.05) is 16.8 Å². The zero-order valence-electron chi connectivity index (χ0n) is 12.6. The van der Waals surface area contributed by atoms with Crippen LogP contribution >= 0.6 is 11.5 Å². The molecule has 0 aromatic carbocycles. The maximum absolute atomic E-state index is 12.3. The SMILES string of the molecule is CCc1c(CCCCF)c(=NC(=O)O)sn1C(C)(C)C. The normalized spacial score (nSPS) is 12.9. The largest absolute Gasteiger partial charge is 0.463 e. The van der Waals surface area contributed by atoms with Gasteiger partial charge in [-0.2, -0.15) is 4.99 Å². The zero-order valence-corrected chi connectivity index (χ0v) is 13.4. The third kappa shape index (κ3) is 4.16. The minimum atomic E-state index is -1.18. The average molecular weight is 302 g/mol. The molecule has 6 heteroatoms. The summed E-state index contributed by atoms with van der Waals surface area (Å²) in [6.45, 7) is 7.96. The lowest BCUT2D eigenvalue weighted by Crippen LogP contribution is -2.21. The maximum atomic E-state index is 12.3. The number of nitrogens with zero attached hydrogens (tertiary/aromatic N) is 2. The Bertz CT molecular complexity index is 526. The molecule has 114 valence electrons. The summed E-state index contributed by atoms with van der Waals surface area (Å²) in [5.41, 5.74) is 1.96. The fourth-order valence-electron chi connectivity index (χ4n) is 2.16. The van der Waals surface area contributed by atoms with Gasteiger partial charge in [0.1, 0.15) is 4.67 Å². The highest BCUT2D eigenvalue weighted by Gasteiger charge is 2.21. The first-order valence-corrected chi connectivity index (χ1v) is 7.66. The number of carboxylic acid groups (broad SMARTS) is 1. The molecule has 0 saturated carbocycles. The Morgan fingerprint density at radius 3 is 2.50 bits per heavy atom. The average Bonchev–Trinajstić information content (AvgIpc) is 2.67. The summed E-state index contributed by atoms with van der Waals surface area (Å²) in [7, 11) is 0. The number of alkyl halides is 1. The van der Waals surface area contributed by atoms with E-state index in [1.807, 2.05) is 6.92 Å². The summed E-state index contributed by atoms with van der Waals surface area (Å²) in [5, 5.41) is 8.91. The number of aromatic nitrogens is 1. The highest BCUT2D eigenvalue weighted by molar-refractivity contribution is 7.04. The van der Waals surface area contributed by atoms with Gasteiger partial charge in [-0.25, -0.2) is 4.79 Å². The quantitative estimate of drug-likeness (QED) is 0.842. The van der Waals surface area contributed by atoms with Crippen LogP contribution in [0.25, 0.3) is 0 Å². The Morgan fingerprint density at radius 2 is 2.05 bits per heavy atom. The van der Waals surface area contributed by atoms with E-state index in [1.54, 1.807) is 0 Å². The summed E-state index contributed by atoms with van der Waals surface area (Å²) < 4.78 is 14.9. The highest BCUT2D eigenvalue weighted by Crippen LogP contribution is 2.23. The predicted molar refractivity (Wildman–Crippen MR) is 79.2 cm³/mol. The summed E-state index contributed by atoms with van der Waals surface area (Å²) in [6, 6.07) is 0. The van der Waals surface area contributed by atoms with Gasteiger partial charge < -0.3 is 5.11 Å². The first kappa shape index (κ1) is 16.9. The second kappa shape index (κ2) is 7.02. The van der Waals surface area contributed by atoms with E-state index in [0.717, 1.165) is 17.7 Å². The molecule has 0 atom stereocenters. The van der Waals surface area contributed by atoms with Crippen molar-refractivity contribution in [2.75, 3.05) is 6.67 Å². The molecule has 1 aromatic heterocycles. The maximum Gasteiger partial charge on any atom is 0.432 e. The van der Waals surface area contributed by atoms with Crippen molar-refractivity contribution in [3.63, 3.8) is 0 Å². The Hall–Kier alpha value is -1.17. The van der Waals surface area contributed by atoms with Gasteiger partial charge in [-0.1, -0.05) is 6.92 Å². The number of hydrogen-bond acceptors (Lipinski definition) is 2. The number of carbonyl (C=O) groups is 1. The van der Waals surface area contributed by atoms with Crippen molar-refractivity contribution in [1.82, 2.24) is 3.96 Å². The van der Waals surface area contributed by atoms with E-state index in [9.17, 15) is 9.18 Å². The molecule has 0 bridgehead atoms. The summed E-state index contributed by atoms with van der Waals surface area (Å²) >= 11 is 1.38. The van der Waals surface area contributed by atoms with Crippen molar-refractivity contribution in [2.24, 2.45) is 4.99 Å². The fraction of sp³-hybridized carbons (Fsp3) is 0.714. The van der Waals surface area contributed by atoms with Crippen LogP contribution in [0.5, 0.6) is 0 Å². The molecule has 0 fully saturated rings. The molecular weight excluding hydrogens is 279 g/mol. The van der Waals surface area contributed by atoms with Crippen molar-refractivity contribution >= 4 is 17.6 Å². The second-order valence-electron chi connectivity index (χ2n) is 5.68. The number of rotatable bonds is 5. The van der Waals surface area contributed by atoms with Gasteiger partial charge in [0.15, 0.2) is 0 Å². The lowest BCUT2D eigenvalue weighted by atomic mass is 10.0. The highest BCUT2D eigenvalue weighted by atomic mass is 32.1. The van der Waals surface area contributed by atoms with Crippen molar-refractivity contribution in [3.05, 3.63) is 15.9 Å². The van der Waals surface area contributed by atoms with E-state index in [4.69, 9.17) is 5.11 Å². The third-order valence-corrected chi connectivity index (χ3v) is 4.44. The smallest absolute Gasteiger partial charge is 0.432 e. The molecule has 0 spiro atoms.